The minimum atomic E-state index is 0.174. The quantitative estimate of drug-likeness (QED) is 0.619. The molecule has 92 valence electrons. The van der Waals surface area contributed by atoms with Crippen molar-refractivity contribution in [2.24, 2.45) is 17.3 Å². The molecule has 0 saturated carbocycles. The van der Waals surface area contributed by atoms with E-state index in [9.17, 15) is 0 Å². The van der Waals surface area contributed by atoms with Crippen molar-refractivity contribution in [2.75, 3.05) is 27.4 Å². The lowest BCUT2D eigenvalue weighted by Gasteiger charge is -2.42. The van der Waals surface area contributed by atoms with Gasteiger partial charge in [-0.1, -0.05) is 40.5 Å². The highest BCUT2D eigenvalue weighted by Crippen LogP contribution is 2.40. The van der Waals surface area contributed by atoms with Crippen LogP contribution in [0, 0.1) is 17.3 Å². The second kappa shape index (κ2) is 7.24. The summed E-state index contributed by atoms with van der Waals surface area (Å²) in [6.07, 6.45) is 2.39. The molecule has 0 radical (unpaired) electrons. The van der Waals surface area contributed by atoms with Crippen LogP contribution in [0.4, 0.5) is 0 Å². The van der Waals surface area contributed by atoms with Gasteiger partial charge in [-0.2, -0.15) is 0 Å². The Balaban J connectivity index is 4.89. The summed E-state index contributed by atoms with van der Waals surface area (Å²) < 4.78 is 10.9. The van der Waals surface area contributed by atoms with Crippen molar-refractivity contribution in [3.63, 3.8) is 0 Å². The molecule has 0 amide bonds. The highest BCUT2D eigenvalue weighted by molar-refractivity contribution is 4.88. The first-order valence-electron chi connectivity index (χ1n) is 6.06. The van der Waals surface area contributed by atoms with E-state index in [1.165, 1.54) is 12.8 Å². The Morgan fingerprint density at radius 2 is 1.33 bits per heavy atom. The first-order valence-corrected chi connectivity index (χ1v) is 6.06. The number of rotatable bonds is 8. The zero-order valence-electron chi connectivity index (χ0n) is 11.3. The summed E-state index contributed by atoms with van der Waals surface area (Å²) >= 11 is 0. The standard InChI is InChI=1S/C13H28O2/c1-7-12(8-2)13(9-14-5,10-15-6)11(3)4/h11-12H,7-10H2,1-6H3. The van der Waals surface area contributed by atoms with Crippen LogP contribution < -0.4 is 0 Å². The minimum Gasteiger partial charge on any atom is -0.384 e. The third-order valence-corrected chi connectivity index (χ3v) is 3.77. The fourth-order valence-corrected chi connectivity index (χ4v) is 2.72. The fourth-order valence-electron chi connectivity index (χ4n) is 2.72. The molecule has 0 aromatic rings. The van der Waals surface area contributed by atoms with Gasteiger partial charge in [0, 0.05) is 19.6 Å². The summed E-state index contributed by atoms with van der Waals surface area (Å²) in [7, 11) is 3.57. The zero-order chi connectivity index (χ0) is 11.9. The molecule has 0 heterocycles. The SMILES string of the molecule is CCC(CC)C(COC)(COC)C(C)C. The molecule has 0 aromatic carbocycles. The maximum Gasteiger partial charge on any atom is 0.0545 e. The molecular weight excluding hydrogens is 188 g/mol. The molecule has 0 aromatic heterocycles. The molecule has 0 saturated heterocycles. The Bertz CT molecular complexity index is 145. The summed E-state index contributed by atoms with van der Waals surface area (Å²) in [4.78, 5) is 0. The van der Waals surface area contributed by atoms with E-state index in [0.717, 1.165) is 13.2 Å². The summed E-state index contributed by atoms with van der Waals surface area (Å²) in [5.41, 5.74) is 0.174. The maximum atomic E-state index is 5.43. The van der Waals surface area contributed by atoms with Gasteiger partial charge in [-0.3, -0.25) is 0 Å². The molecule has 0 bridgehead atoms. The highest BCUT2D eigenvalue weighted by Gasteiger charge is 2.40. The summed E-state index contributed by atoms with van der Waals surface area (Å²) in [5, 5.41) is 0. The average molecular weight is 216 g/mol. The molecule has 0 aliphatic heterocycles. The molecular formula is C13H28O2. The Labute approximate surface area is 95.3 Å². The van der Waals surface area contributed by atoms with Gasteiger partial charge in [0.05, 0.1) is 13.2 Å². The summed E-state index contributed by atoms with van der Waals surface area (Å²) in [5.74, 6) is 1.26. The van der Waals surface area contributed by atoms with Gasteiger partial charge in [0.15, 0.2) is 0 Å². The van der Waals surface area contributed by atoms with Gasteiger partial charge in [0.2, 0.25) is 0 Å². The lowest BCUT2D eigenvalue weighted by molar-refractivity contribution is -0.0634. The second-order valence-corrected chi connectivity index (χ2v) is 4.77. The van der Waals surface area contributed by atoms with Crippen molar-refractivity contribution in [1.29, 1.82) is 0 Å². The molecule has 0 unspecified atom stereocenters. The molecule has 0 aliphatic carbocycles. The van der Waals surface area contributed by atoms with E-state index >= 15 is 0 Å². The van der Waals surface area contributed by atoms with Crippen molar-refractivity contribution in [3.8, 4) is 0 Å². The molecule has 2 heteroatoms. The Kier molecular flexibility index (Phi) is 7.20. The van der Waals surface area contributed by atoms with E-state index in [4.69, 9.17) is 9.47 Å². The number of methoxy groups -OCH3 is 2. The van der Waals surface area contributed by atoms with Crippen molar-refractivity contribution in [1.82, 2.24) is 0 Å². The van der Waals surface area contributed by atoms with Crippen LogP contribution in [0.15, 0.2) is 0 Å². The van der Waals surface area contributed by atoms with Crippen LogP contribution in [0.5, 0.6) is 0 Å². The zero-order valence-corrected chi connectivity index (χ0v) is 11.3. The first kappa shape index (κ1) is 14.9. The van der Waals surface area contributed by atoms with Gasteiger partial charge >= 0.3 is 0 Å². The average Bonchev–Trinajstić information content (AvgIpc) is 2.19. The van der Waals surface area contributed by atoms with E-state index in [-0.39, 0.29) is 5.41 Å². The van der Waals surface area contributed by atoms with Crippen molar-refractivity contribution < 1.29 is 9.47 Å². The molecule has 15 heavy (non-hydrogen) atoms. The molecule has 0 atom stereocenters. The lowest BCUT2D eigenvalue weighted by Crippen LogP contribution is -2.43. The predicted octanol–water partition coefficient (Wildman–Crippen LogP) is 3.36. The van der Waals surface area contributed by atoms with E-state index in [0.29, 0.717) is 11.8 Å². The van der Waals surface area contributed by atoms with Crippen LogP contribution in [0.25, 0.3) is 0 Å². The van der Waals surface area contributed by atoms with Crippen molar-refractivity contribution in [3.05, 3.63) is 0 Å². The van der Waals surface area contributed by atoms with Crippen LogP contribution in [-0.2, 0) is 9.47 Å². The lowest BCUT2D eigenvalue weighted by atomic mass is 9.66. The van der Waals surface area contributed by atoms with Gasteiger partial charge in [-0.05, 0) is 11.8 Å². The maximum absolute atomic E-state index is 5.43. The summed E-state index contributed by atoms with van der Waals surface area (Å²) in [6.45, 7) is 10.7. The first-order chi connectivity index (χ1) is 7.08. The number of hydrogen-bond acceptors (Lipinski definition) is 2. The molecule has 0 fully saturated rings. The van der Waals surface area contributed by atoms with Crippen LogP contribution in [-0.4, -0.2) is 27.4 Å². The van der Waals surface area contributed by atoms with Gasteiger partial charge in [-0.25, -0.2) is 0 Å². The predicted molar refractivity (Wildman–Crippen MR) is 65.1 cm³/mol. The Morgan fingerprint density at radius 1 is 0.933 bits per heavy atom. The Hall–Kier alpha value is -0.0800. The van der Waals surface area contributed by atoms with Crippen LogP contribution in [0.2, 0.25) is 0 Å². The van der Waals surface area contributed by atoms with E-state index in [1.807, 2.05) is 0 Å². The molecule has 0 aliphatic rings. The molecule has 2 nitrogen and oxygen atoms in total. The number of ether oxygens (including phenoxy) is 2. The topological polar surface area (TPSA) is 18.5 Å². The van der Waals surface area contributed by atoms with Crippen molar-refractivity contribution in [2.45, 2.75) is 40.5 Å². The molecule has 0 spiro atoms. The Morgan fingerprint density at radius 3 is 1.53 bits per heavy atom. The summed E-state index contributed by atoms with van der Waals surface area (Å²) in [6, 6.07) is 0. The third kappa shape index (κ3) is 3.46. The van der Waals surface area contributed by atoms with Crippen LogP contribution in [0.1, 0.15) is 40.5 Å². The van der Waals surface area contributed by atoms with Crippen LogP contribution >= 0.6 is 0 Å². The largest absolute Gasteiger partial charge is 0.384 e. The molecule has 0 N–H and O–H groups in total. The third-order valence-electron chi connectivity index (χ3n) is 3.77. The van der Waals surface area contributed by atoms with Gasteiger partial charge in [0.25, 0.3) is 0 Å². The smallest absolute Gasteiger partial charge is 0.0545 e. The highest BCUT2D eigenvalue weighted by atomic mass is 16.5. The van der Waals surface area contributed by atoms with Gasteiger partial charge in [-0.15, -0.1) is 0 Å². The normalized spacial score (nSPS) is 12.8. The monoisotopic (exact) mass is 216 g/mol. The minimum absolute atomic E-state index is 0.174. The fraction of sp³-hybridized carbons (Fsp3) is 1.00. The second-order valence-electron chi connectivity index (χ2n) is 4.77. The molecule has 0 rings (SSSR count). The van der Waals surface area contributed by atoms with E-state index in [1.54, 1.807) is 14.2 Å². The van der Waals surface area contributed by atoms with Crippen LogP contribution in [0.3, 0.4) is 0 Å². The van der Waals surface area contributed by atoms with Gasteiger partial charge in [0.1, 0.15) is 0 Å². The van der Waals surface area contributed by atoms with Crippen molar-refractivity contribution >= 4 is 0 Å². The van der Waals surface area contributed by atoms with E-state index < -0.39 is 0 Å². The van der Waals surface area contributed by atoms with Gasteiger partial charge < -0.3 is 9.47 Å². The van der Waals surface area contributed by atoms with E-state index in [2.05, 4.69) is 27.7 Å². The number of hydrogen-bond donors (Lipinski definition) is 0.